The summed E-state index contributed by atoms with van der Waals surface area (Å²) in [6.45, 7) is 6.51. The third-order valence-electron chi connectivity index (χ3n) is 3.48. The highest BCUT2D eigenvalue weighted by molar-refractivity contribution is 5.58. The number of carbonyl (C=O) groups is 1. The van der Waals surface area contributed by atoms with Crippen molar-refractivity contribution < 1.29 is 4.79 Å². The van der Waals surface area contributed by atoms with Crippen LogP contribution in [-0.4, -0.2) is 6.29 Å². The average Bonchev–Trinajstić information content (AvgIpc) is 2.02. The van der Waals surface area contributed by atoms with E-state index < -0.39 is 0 Å². The highest BCUT2D eigenvalue weighted by Crippen LogP contribution is 2.48. The van der Waals surface area contributed by atoms with Gasteiger partial charge in [0.2, 0.25) is 0 Å². The molecule has 0 aromatic heterocycles. The van der Waals surface area contributed by atoms with Crippen LogP contribution in [0, 0.1) is 10.8 Å². The zero-order valence-electron chi connectivity index (χ0n) is 8.52. The fourth-order valence-electron chi connectivity index (χ4n) is 2.18. The van der Waals surface area contributed by atoms with E-state index in [1.807, 2.05) is 0 Å². The van der Waals surface area contributed by atoms with Gasteiger partial charge in [-0.05, 0) is 31.1 Å². The van der Waals surface area contributed by atoms with E-state index in [-0.39, 0.29) is 5.41 Å². The second kappa shape index (κ2) is 3.20. The lowest BCUT2D eigenvalue weighted by Gasteiger charge is -2.43. The lowest BCUT2D eigenvalue weighted by molar-refractivity contribution is -0.118. The Balaban J connectivity index is 2.52. The van der Waals surface area contributed by atoms with Gasteiger partial charge in [0, 0.05) is 5.41 Å². The molecule has 0 amide bonds. The highest BCUT2D eigenvalue weighted by Gasteiger charge is 2.38. The predicted molar refractivity (Wildman–Crippen MR) is 51.0 cm³/mol. The molecule has 0 spiro atoms. The van der Waals surface area contributed by atoms with Crippen molar-refractivity contribution >= 4 is 6.29 Å². The molecule has 0 aromatic rings. The molecule has 0 aromatic carbocycles. The van der Waals surface area contributed by atoms with E-state index in [1.165, 1.54) is 19.3 Å². The van der Waals surface area contributed by atoms with Gasteiger partial charge in [0.1, 0.15) is 6.29 Å². The number of aldehydes is 1. The number of hydrogen-bond acceptors (Lipinski definition) is 1. The van der Waals surface area contributed by atoms with Gasteiger partial charge in [0.05, 0.1) is 0 Å². The third-order valence-corrected chi connectivity index (χ3v) is 3.48. The Morgan fingerprint density at radius 1 is 1.50 bits per heavy atom. The van der Waals surface area contributed by atoms with Crippen molar-refractivity contribution in [3.63, 3.8) is 0 Å². The van der Waals surface area contributed by atoms with E-state index in [9.17, 15) is 4.79 Å². The smallest absolute Gasteiger partial charge is 0.125 e. The van der Waals surface area contributed by atoms with Crippen LogP contribution >= 0.6 is 0 Å². The summed E-state index contributed by atoms with van der Waals surface area (Å²) in [4.78, 5) is 10.9. The summed E-state index contributed by atoms with van der Waals surface area (Å²) >= 11 is 0. The molecule has 1 atom stereocenters. The summed E-state index contributed by atoms with van der Waals surface area (Å²) in [5.74, 6) is 0. The van der Waals surface area contributed by atoms with Gasteiger partial charge in [0.15, 0.2) is 0 Å². The molecular weight excluding hydrogens is 148 g/mol. The highest BCUT2D eigenvalue weighted by atomic mass is 16.1. The lowest BCUT2D eigenvalue weighted by Crippen LogP contribution is -2.33. The van der Waals surface area contributed by atoms with E-state index in [0.717, 1.165) is 19.1 Å². The molecule has 1 heteroatoms. The van der Waals surface area contributed by atoms with Crippen LogP contribution in [-0.2, 0) is 4.79 Å². The number of rotatable bonds is 4. The molecule has 1 nitrogen and oxygen atoms in total. The monoisotopic (exact) mass is 168 g/mol. The van der Waals surface area contributed by atoms with E-state index >= 15 is 0 Å². The molecule has 0 aliphatic heterocycles. The maximum Gasteiger partial charge on any atom is 0.125 e. The Labute approximate surface area is 75.5 Å². The summed E-state index contributed by atoms with van der Waals surface area (Å²) in [5.41, 5.74) is 0.418. The summed E-state index contributed by atoms with van der Waals surface area (Å²) in [6.07, 6.45) is 7.20. The van der Waals surface area contributed by atoms with E-state index in [4.69, 9.17) is 0 Å². The van der Waals surface area contributed by atoms with Crippen molar-refractivity contribution in [2.75, 3.05) is 0 Å². The largest absolute Gasteiger partial charge is 0.303 e. The molecule has 70 valence electrons. The Hall–Kier alpha value is -0.330. The van der Waals surface area contributed by atoms with Gasteiger partial charge < -0.3 is 4.79 Å². The minimum Gasteiger partial charge on any atom is -0.303 e. The minimum absolute atomic E-state index is 0.0603. The molecule has 1 saturated carbocycles. The summed E-state index contributed by atoms with van der Waals surface area (Å²) < 4.78 is 0. The molecule has 12 heavy (non-hydrogen) atoms. The topological polar surface area (TPSA) is 17.1 Å². The van der Waals surface area contributed by atoms with Gasteiger partial charge >= 0.3 is 0 Å². The summed E-state index contributed by atoms with van der Waals surface area (Å²) in [5, 5.41) is 0. The van der Waals surface area contributed by atoms with Crippen LogP contribution in [0.25, 0.3) is 0 Å². The van der Waals surface area contributed by atoms with E-state index in [2.05, 4.69) is 20.8 Å². The van der Waals surface area contributed by atoms with E-state index in [1.54, 1.807) is 0 Å². The molecule has 0 N–H and O–H groups in total. The SMILES string of the molecule is CCC(C)(C=O)CC1(C)CCC1. The van der Waals surface area contributed by atoms with Crippen molar-refractivity contribution in [2.45, 2.75) is 52.9 Å². The molecule has 0 radical (unpaired) electrons. The number of carbonyl (C=O) groups excluding carboxylic acids is 1. The van der Waals surface area contributed by atoms with Gasteiger partial charge in [-0.2, -0.15) is 0 Å². The average molecular weight is 168 g/mol. The van der Waals surface area contributed by atoms with Crippen molar-refractivity contribution in [1.29, 1.82) is 0 Å². The molecular formula is C11H20O. The molecule has 1 rings (SSSR count). The maximum absolute atomic E-state index is 10.9. The Bertz CT molecular complexity index is 170. The quantitative estimate of drug-likeness (QED) is 0.589. The first-order valence-electron chi connectivity index (χ1n) is 5.00. The predicted octanol–water partition coefficient (Wildman–Crippen LogP) is 3.18. The van der Waals surface area contributed by atoms with Gasteiger partial charge in [-0.1, -0.05) is 27.2 Å². The molecule has 0 saturated heterocycles. The second-order valence-corrected chi connectivity index (χ2v) is 4.97. The first-order valence-corrected chi connectivity index (χ1v) is 5.00. The fourth-order valence-corrected chi connectivity index (χ4v) is 2.18. The molecule has 1 aliphatic carbocycles. The van der Waals surface area contributed by atoms with Crippen molar-refractivity contribution in [1.82, 2.24) is 0 Å². The van der Waals surface area contributed by atoms with Crippen LogP contribution in [0.5, 0.6) is 0 Å². The first kappa shape index (κ1) is 9.76. The summed E-state index contributed by atoms with van der Waals surface area (Å²) in [7, 11) is 0. The van der Waals surface area contributed by atoms with Crippen LogP contribution in [0.2, 0.25) is 0 Å². The maximum atomic E-state index is 10.9. The Kier molecular flexibility index (Phi) is 2.60. The Morgan fingerprint density at radius 2 is 2.08 bits per heavy atom. The second-order valence-electron chi connectivity index (χ2n) is 4.97. The zero-order chi connectivity index (χ0) is 9.24. The molecule has 1 fully saturated rings. The fraction of sp³-hybridized carbons (Fsp3) is 0.909. The van der Waals surface area contributed by atoms with Crippen LogP contribution in [0.4, 0.5) is 0 Å². The Morgan fingerprint density at radius 3 is 2.33 bits per heavy atom. The molecule has 1 aliphatic rings. The standard InChI is InChI=1S/C11H20O/c1-4-10(2,9-12)8-11(3)6-5-7-11/h9H,4-8H2,1-3H3. The van der Waals surface area contributed by atoms with Crippen LogP contribution in [0.1, 0.15) is 52.9 Å². The third kappa shape index (κ3) is 1.88. The van der Waals surface area contributed by atoms with Gasteiger partial charge in [-0.25, -0.2) is 0 Å². The molecule has 0 heterocycles. The summed E-state index contributed by atoms with van der Waals surface area (Å²) in [6, 6.07) is 0. The van der Waals surface area contributed by atoms with Gasteiger partial charge in [-0.15, -0.1) is 0 Å². The minimum atomic E-state index is -0.0603. The molecule has 0 bridgehead atoms. The molecule has 1 unspecified atom stereocenters. The van der Waals surface area contributed by atoms with Crippen molar-refractivity contribution in [3.05, 3.63) is 0 Å². The van der Waals surface area contributed by atoms with E-state index in [0.29, 0.717) is 5.41 Å². The van der Waals surface area contributed by atoms with Gasteiger partial charge in [0.25, 0.3) is 0 Å². The van der Waals surface area contributed by atoms with Crippen LogP contribution in [0.15, 0.2) is 0 Å². The van der Waals surface area contributed by atoms with Crippen molar-refractivity contribution in [2.24, 2.45) is 10.8 Å². The van der Waals surface area contributed by atoms with Gasteiger partial charge in [-0.3, -0.25) is 0 Å². The van der Waals surface area contributed by atoms with Crippen LogP contribution in [0.3, 0.4) is 0 Å². The van der Waals surface area contributed by atoms with Crippen molar-refractivity contribution in [3.8, 4) is 0 Å². The first-order chi connectivity index (χ1) is 5.54. The van der Waals surface area contributed by atoms with Crippen LogP contribution < -0.4 is 0 Å². The zero-order valence-corrected chi connectivity index (χ0v) is 8.52. The normalized spacial score (nSPS) is 25.6. The lowest BCUT2D eigenvalue weighted by atomic mass is 9.62. The number of hydrogen-bond donors (Lipinski definition) is 0.